The minimum absolute atomic E-state index is 0.0253. The number of hydrogen-bond acceptors (Lipinski definition) is 6. The largest absolute Gasteiger partial charge is 0.486 e. The number of anilines is 1. The lowest BCUT2D eigenvalue weighted by molar-refractivity contribution is -0.140. The second kappa shape index (κ2) is 7.84. The zero-order chi connectivity index (χ0) is 19.8. The minimum atomic E-state index is -0.300. The van der Waals surface area contributed by atoms with Gasteiger partial charge in [-0.3, -0.25) is 9.59 Å². The number of fused-ring (bicyclic) bond motifs is 1. The molecule has 1 aromatic carbocycles. The van der Waals surface area contributed by atoms with Crippen LogP contribution in [-0.2, 0) is 19.1 Å². The van der Waals surface area contributed by atoms with Crippen LogP contribution < -0.4 is 14.4 Å². The highest BCUT2D eigenvalue weighted by molar-refractivity contribution is 6.00. The SMILES string of the molecule is O=C(C1CC(=O)N(c2ccc3c(c2)OCCO3)C1)N1CCC(C2OCCO2)CC1. The number of piperidine rings is 1. The van der Waals surface area contributed by atoms with Gasteiger partial charge in [0.05, 0.1) is 19.1 Å². The molecule has 4 aliphatic heterocycles. The van der Waals surface area contributed by atoms with Gasteiger partial charge in [0.15, 0.2) is 17.8 Å². The zero-order valence-corrected chi connectivity index (χ0v) is 16.4. The van der Waals surface area contributed by atoms with E-state index in [-0.39, 0.29) is 30.4 Å². The van der Waals surface area contributed by atoms with Crippen LogP contribution in [0.25, 0.3) is 0 Å². The van der Waals surface area contributed by atoms with Crippen LogP contribution in [0, 0.1) is 11.8 Å². The maximum Gasteiger partial charge on any atom is 0.228 e. The van der Waals surface area contributed by atoms with E-state index in [1.165, 1.54) is 0 Å². The number of carbonyl (C=O) groups excluding carboxylic acids is 2. The van der Waals surface area contributed by atoms with Crippen LogP contribution in [0.2, 0.25) is 0 Å². The molecule has 0 saturated carbocycles. The van der Waals surface area contributed by atoms with Gasteiger partial charge in [0.1, 0.15) is 13.2 Å². The third-order valence-corrected chi connectivity index (χ3v) is 6.20. The zero-order valence-electron chi connectivity index (χ0n) is 16.4. The van der Waals surface area contributed by atoms with Crippen LogP contribution in [-0.4, -0.2) is 69.1 Å². The van der Waals surface area contributed by atoms with E-state index in [1.807, 2.05) is 23.1 Å². The molecular formula is C21H26N2O6. The molecule has 0 N–H and O–H groups in total. The van der Waals surface area contributed by atoms with Crippen LogP contribution in [0.15, 0.2) is 18.2 Å². The van der Waals surface area contributed by atoms with Crippen molar-refractivity contribution >= 4 is 17.5 Å². The summed E-state index contributed by atoms with van der Waals surface area (Å²) in [4.78, 5) is 29.2. The topological polar surface area (TPSA) is 77.5 Å². The van der Waals surface area contributed by atoms with Gasteiger partial charge in [0.2, 0.25) is 11.8 Å². The molecule has 3 fully saturated rings. The van der Waals surface area contributed by atoms with Gasteiger partial charge < -0.3 is 28.7 Å². The Kier molecular flexibility index (Phi) is 5.05. The Morgan fingerprint density at radius 3 is 2.45 bits per heavy atom. The fourth-order valence-electron chi connectivity index (χ4n) is 4.62. The molecule has 0 aliphatic carbocycles. The third kappa shape index (κ3) is 3.67. The summed E-state index contributed by atoms with van der Waals surface area (Å²) in [6.07, 6.45) is 1.89. The molecule has 8 nitrogen and oxygen atoms in total. The van der Waals surface area contributed by atoms with Gasteiger partial charge in [-0.2, -0.15) is 0 Å². The van der Waals surface area contributed by atoms with E-state index in [0.717, 1.165) is 18.5 Å². The second-order valence-electron chi connectivity index (χ2n) is 8.01. The molecule has 29 heavy (non-hydrogen) atoms. The Bertz CT molecular complexity index is 785. The van der Waals surface area contributed by atoms with Gasteiger partial charge in [-0.25, -0.2) is 0 Å². The lowest BCUT2D eigenvalue weighted by Crippen LogP contribution is -2.44. The molecule has 156 valence electrons. The van der Waals surface area contributed by atoms with E-state index in [9.17, 15) is 9.59 Å². The van der Waals surface area contributed by atoms with Crippen LogP contribution in [0.3, 0.4) is 0 Å². The first-order chi connectivity index (χ1) is 14.2. The predicted molar refractivity (Wildman–Crippen MR) is 103 cm³/mol. The van der Waals surface area contributed by atoms with Crippen LogP contribution >= 0.6 is 0 Å². The van der Waals surface area contributed by atoms with Crippen molar-refractivity contribution in [2.75, 3.05) is 51.0 Å². The van der Waals surface area contributed by atoms with Gasteiger partial charge >= 0.3 is 0 Å². The average molecular weight is 402 g/mol. The Hall–Kier alpha value is -2.32. The highest BCUT2D eigenvalue weighted by Gasteiger charge is 2.39. The lowest BCUT2D eigenvalue weighted by Gasteiger charge is -2.35. The van der Waals surface area contributed by atoms with Crippen molar-refractivity contribution in [3.05, 3.63) is 18.2 Å². The minimum Gasteiger partial charge on any atom is -0.486 e. The number of carbonyl (C=O) groups is 2. The van der Waals surface area contributed by atoms with Gasteiger partial charge in [0, 0.05) is 43.7 Å². The van der Waals surface area contributed by atoms with Gasteiger partial charge in [-0.1, -0.05) is 0 Å². The molecule has 2 amide bonds. The quantitative estimate of drug-likeness (QED) is 0.761. The predicted octanol–water partition coefficient (Wildman–Crippen LogP) is 1.42. The molecule has 5 rings (SSSR count). The van der Waals surface area contributed by atoms with Crippen molar-refractivity contribution in [2.45, 2.75) is 25.6 Å². The fourth-order valence-corrected chi connectivity index (χ4v) is 4.62. The van der Waals surface area contributed by atoms with E-state index >= 15 is 0 Å². The number of rotatable bonds is 3. The van der Waals surface area contributed by atoms with Crippen molar-refractivity contribution in [3.8, 4) is 11.5 Å². The molecule has 1 aromatic rings. The first kappa shape index (κ1) is 18.7. The van der Waals surface area contributed by atoms with Crippen molar-refractivity contribution in [1.29, 1.82) is 0 Å². The van der Waals surface area contributed by atoms with E-state index in [4.69, 9.17) is 18.9 Å². The van der Waals surface area contributed by atoms with E-state index in [1.54, 1.807) is 4.90 Å². The smallest absolute Gasteiger partial charge is 0.228 e. The van der Waals surface area contributed by atoms with E-state index in [2.05, 4.69) is 0 Å². The molecule has 0 aromatic heterocycles. The molecule has 0 spiro atoms. The number of nitrogens with zero attached hydrogens (tertiary/aromatic N) is 2. The van der Waals surface area contributed by atoms with Crippen molar-refractivity contribution in [2.24, 2.45) is 11.8 Å². The first-order valence-corrected chi connectivity index (χ1v) is 10.4. The number of likely N-dealkylation sites (tertiary alicyclic amines) is 1. The van der Waals surface area contributed by atoms with Gasteiger partial charge in [-0.05, 0) is 25.0 Å². The van der Waals surface area contributed by atoms with Crippen LogP contribution in [0.4, 0.5) is 5.69 Å². The molecule has 1 unspecified atom stereocenters. The summed E-state index contributed by atoms with van der Waals surface area (Å²) in [7, 11) is 0. The Morgan fingerprint density at radius 2 is 1.69 bits per heavy atom. The first-order valence-electron chi connectivity index (χ1n) is 10.4. The normalized spacial score (nSPS) is 25.7. The molecule has 3 saturated heterocycles. The lowest BCUT2D eigenvalue weighted by atomic mass is 9.95. The summed E-state index contributed by atoms with van der Waals surface area (Å²) in [5.41, 5.74) is 0.754. The van der Waals surface area contributed by atoms with Crippen molar-refractivity contribution < 1.29 is 28.5 Å². The van der Waals surface area contributed by atoms with E-state index in [0.29, 0.717) is 63.5 Å². The monoisotopic (exact) mass is 402 g/mol. The molecule has 0 bridgehead atoms. The molecule has 4 aliphatic rings. The molecule has 0 radical (unpaired) electrons. The summed E-state index contributed by atoms with van der Waals surface area (Å²) < 4.78 is 22.4. The highest BCUT2D eigenvalue weighted by Crippen LogP contribution is 2.36. The summed E-state index contributed by atoms with van der Waals surface area (Å²) >= 11 is 0. The Balaban J connectivity index is 1.21. The fraction of sp³-hybridized carbons (Fsp3) is 0.619. The molecule has 4 heterocycles. The molecule has 8 heteroatoms. The molecular weight excluding hydrogens is 376 g/mol. The van der Waals surface area contributed by atoms with Gasteiger partial charge in [-0.15, -0.1) is 0 Å². The summed E-state index contributed by atoms with van der Waals surface area (Å²) in [5, 5.41) is 0. The van der Waals surface area contributed by atoms with E-state index < -0.39 is 0 Å². The maximum absolute atomic E-state index is 13.0. The second-order valence-corrected chi connectivity index (χ2v) is 8.01. The average Bonchev–Trinajstić information content (AvgIpc) is 3.43. The number of amides is 2. The summed E-state index contributed by atoms with van der Waals surface area (Å²) in [6, 6.07) is 5.50. The van der Waals surface area contributed by atoms with Crippen LogP contribution in [0.1, 0.15) is 19.3 Å². The molecule has 1 atom stereocenters. The number of hydrogen-bond donors (Lipinski definition) is 0. The van der Waals surface area contributed by atoms with Crippen molar-refractivity contribution in [3.63, 3.8) is 0 Å². The standard InChI is InChI=1S/C21H26N2O6/c24-19-11-15(13-23(19)16-1-2-17-18(12-16)27-8-7-26-17)20(25)22-5-3-14(4-6-22)21-28-9-10-29-21/h1-2,12,14-15,21H,3-11,13H2. The van der Waals surface area contributed by atoms with Crippen molar-refractivity contribution in [1.82, 2.24) is 4.90 Å². The Morgan fingerprint density at radius 1 is 0.966 bits per heavy atom. The summed E-state index contributed by atoms with van der Waals surface area (Å²) in [5.74, 6) is 1.44. The number of ether oxygens (including phenoxy) is 4. The summed E-state index contributed by atoms with van der Waals surface area (Å²) in [6.45, 7) is 4.14. The third-order valence-electron chi connectivity index (χ3n) is 6.20. The van der Waals surface area contributed by atoms with Gasteiger partial charge in [0.25, 0.3) is 0 Å². The van der Waals surface area contributed by atoms with Crippen LogP contribution in [0.5, 0.6) is 11.5 Å². The maximum atomic E-state index is 13.0. The Labute approximate surface area is 169 Å². The number of benzene rings is 1. The highest BCUT2D eigenvalue weighted by atomic mass is 16.7.